The molecule has 3 heterocycles. The fraction of sp³-hybridized carbons (Fsp3) is 0.292. The number of amides is 2. The van der Waals surface area contributed by atoms with Gasteiger partial charge in [0.05, 0.1) is 22.5 Å². The third kappa shape index (κ3) is 3.42. The predicted octanol–water partition coefficient (Wildman–Crippen LogP) is 4.85. The van der Waals surface area contributed by atoms with Gasteiger partial charge in [-0.05, 0) is 13.0 Å². The summed E-state index contributed by atoms with van der Waals surface area (Å²) in [5, 5.41) is 0.595. The molecule has 0 radical (unpaired) electrons. The van der Waals surface area contributed by atoms with Gasteiger partial charge in [0.15, 0.2) is 0 Å². The summed E-state index contributed by atoms with van der Waals surface area (Å²) in [5.74, 6) is -0.627. The third-order valence-electron chi connectivity index (χ3n) is 6.56. The Hall–Kier alpha value is -3.46. The molecule has 0 bridgehead atoms. The van der Waals surface area contributed by atoms with E-state index in [-0.39, 0.29) is 35.7 Å². The van der Waals surface area contributed by atoms with Crippen LogP contribution in [0.2, 0.25) is 5.02 Å². The van der Waals surface area contributed by atoms with Gasteiger partial charge in [-0.1, -0.05) is 35.9 Å². The number of fused-ring (bicyclic) bond motifs is 1. The molecule has 5 rings (SSSR count). The molecule has 10 heteroatoms. The summed E-state index contributed by atoms with van der Waals surface area (Å²) in [6.07, 6.45) is 6.62. The summed E-state index contributed by atoms with van der Waals surface area (Å²) in [4.78, 5) is 24.6. The highest BCUT2D eigenvalue weighted by Gasteiger charge is 2.42. The quantitative estimate of drug-likeness (QED) is 0.574. The maximum Gasteiger partial charge on any atom is 0.321 e. The number of hydrogen-bond acceptors (Lipinski definition) is 4. The largest absolute Gasteiger partial charge is 0.383 e. The molecular formula is C24H23ClF2N6O. The van der Waals surface area contributed by atoms with Gasteiger partial charge in [0, 0.05) is 49.5 Å². The number of hydrogen-bond donors (Lipinski definition) is 1. The van der Waals surface area contributed by atoms with Crippen molar-refractivity contribution in [2.75, 3.05) is 18.8 Å². The zero-order valence-electron chi connectivity index (χ0n) is 18.7. The minimum Gasteiger partial charge on any atom is -0.383 e. The number of rotatable bonds is 4. The first kappa shape index (κ1) is 22.3. The van der Waals surface area contributed by atoms with Crippen LogP contribution in [-0.4, -0.2) is 49.5 Å². The Balaban J connectivity index is 1.45. The van der Waals surface area contributed by atoms with E-state index in [0.717, 1.165) is 0 Å². The van der Waals surface area contributed by atoms with E-state index >= 15 is 4.39 Å². The Bertz CT molecular complexity index is 1370. The van der Waals surface area contributed by atoms with Crippen LogP contribution in [0, 0.1) is 5.82 Å². The smallest absolute Gasteiger partial charge is 0.321 e. The van der Waals surface area contributed by atoms with Gasteiger partial charge in [-0.15, -0.1) is 0 Å². The molecule has 0 spiro atoms. The van der Waals surface area contributed by atoms with Gasteiger partial charge in [-0.25, -0.2) is 23.5 Å². The van der Waals surface area contributed by atoms with E-state index in [4.69, 9.17) is 17.3 Å². The number of carbonyl (C=O) groups excluding carboxylic acids is 1. The summed E-state index contributed by atoms with van der Waals surface area (Å²) in [6.45, 7) is 2.46. The van der Waals surface area contributed by atoms with Crippen LogP contribution < -0.4 is 5.73 Å². The van der Waals surface area contributed by atoms with Crippen LogP contribution in [0.1, 0.15) is 30.5 Å². The summed E-state index contributed by atoms with van der Waals surface area (Å²) >= 11 is 5.97. The normalized spacial score (nSPS) is 20.8. The van der Waals surface area contributed by atoms with Crippen molar-refractivity contribution in [3.63, 3.8) is 0 Å². The number of anilines is 1. The fourth-order valence-corrected chi connectivity index (χ4v) is 5.07. The van der Waals surface area contributed by atoms with E-state index in [1.807, 2.05) is 14.0 Å². The number of aromatic nitrogens is 3. The molecule has 1 fully saturated rings. The Morgan fingerprint density at radius 3 is 2.79 bits per heavy atom. The number of allylic oxidation sites excluding steroid dienone is 2. The lowest BCUT2D eigenvalue weighted by atomic mass is 9.95. The van der Waals surface area contributed by atoms with Crippen molar-refractivity contribution in [3.05, 3.63) is 70.7 Å². The van der Waals surface area contributed by atoms with Crippen LogP contribution >= 0.6 is 11.6 Å². The summed E-state index contributed by atoms with van der Waals surface area (Å²) in [6, 6.07) is 3.50. The Morgan fingerprint density at radius 2 is 2.06 bits per heavy atom. The predicted molar refractivity (Wildman–Crippen MR) is 127 cm³/mol. The van der Waals surface area contributed by atoms with Crippen LogP contribution in [-0.2, 0) is 7.05 Å². The first-order valence-electron chi connectivity index (χ1n) is 11.0. The third-order valence-corrected chi connectivity index (χ3v) is 6.85. The van der Waals surface area contributed by atoms with Crippen LogP contribution in [0.3, 0.4) is 0 Å². The molecule has 2 atom stereocenters. The van der Waals surface area contributed by atoms with Gasteiger partial charge >= 0.3 is 6.03 Å². The summed E-state index contributed by atoms with van der Waals surface area (Å²) < 4.78 is 32.0. The molecule has 2 unspecified atom stereocenters. The number of carbonyl (C=O) groups is 1. The van der Waals surface area contributed by atoms with Crippen LogP contribution in [0.15, 0.2) is 48.7 Å². The molecule has 1 aromatic carbocycles. The highest BCUT2D eigenvalue weighted by Crippen LogP contribution is 2.39. The van der Waals surface area contributed by atoms with Crippen LogP contribution in [0.25, 0.3) is 16.6 Å². The van der Waals surface area contributed by atoms with E-state index in [1.54, 1.807) is 44.8 Å². The van der Waals surface area contributed by atoms with Gasteiger partial charge in [0.25, 0.3) is 0 Å². The minimum absolute atomic E-state index is 0.00383. The SMILES string of the molecule is CCN1C(=O)N(C2C=CC(c3cn(C)c4ncnc(N)c34)=C(F)C2)CC1c1cccc(Cl)c1F. The summed E-state index contributed by atoms with van der Waals surface area (Å²) in [7, 11) is 1.81. The lowest BCUT2D eigenvalue weighted by Gasteiger charge is -2.27. The van der Waals surface area contributed by atoms with Crippen LogP contribution in [0.4, 0.5) is 19.4 Å². The van der Waals surface area contributed by atoms with Gasteiger partial charge in [0.1, 0.15) is 29.4 Å². The molecule has 1 saturated heterocycles. The van der Waals surface area contributed by atoms with Crippen molar-refractivity contribution < 1.29 is 13.6 Å². The Morgan fingerprint density at radius 1 is 1.26 bits per heavy atom. The molecule has 7 nitrogen and oxygen atoms in total. The number of benzene rings is 1. The zero-order chi connectivity index (χ0) is 24.1. The van der Waals surface area contributed by atoms with E-state index < -0.39 is 17.9 Å². The molecule has 1 aliphatic heterocycles. The highest BCUT2D eigenvalue weighted by molar-refractivity contribution is 6.30. The number of nitrogens with two attached hydrogens (primary N) is 1. The van der Waals surface area contributed by atoms with Gasteiger partial charge in [0.2, 0.25) is 0 Å². The van der Waals surface area contributed by atoms with E-state index in [0.29, 0.717) is 34.3 Å². The zero-order valence-corrected chi connectivity index (χ0v) is 19.4. The summed E-state index contributed by atoms with van der Waals surface area (Å²) in [5.41, 5.74) is 8.01. The molecule has 2 amide bonds. The Kier molecular flexibility index (Phi) is 5.51. The first-order chi connectivity index (χ1) is 16.3. The second-order valence-electron chi connectivity index (χ2n) is 8.44. The molecule has 3 aromatic rings. The second kappa shape index (κ2) is 8.39. The molecular weight excluding hydrogens is 462 g/mol. The molecule has 34 heavy (non-hydrogen) atoms. The Labute approximate surface area is 200 Å². The minimum atomic E-state index is -0.537. The second-order valence-corrected chi connectivity index (χ2v) is 8.85. The molecule has 2 aliphatic rings. The molecule has 2 aromatic heterocycles. The lowest BCUT2D eigenvalue weighted by Crippen LogP contribution is -2.39. The lowest BCUT2D eigenvalue weighted by molar-refractivity contribution is 0.181. The maximum atomic E-state index is 15.5. The van der Waals surface area contributed by atoms with Gasteiger partial charge in [-0.3, -0.25) is 0 Å². The number of nitrogens with zero attached hydrogens (tertiary/aromatic N) is 5. The van der Waals surface area contributed by atoms with E-state index in [2.05, 4.69) is 9.97 Å². The number of urea groups is 1. The van der Waals surface area contributed by atoms with Gasteiger partial charge < -0.3 is 20.1 Å². The van der Waals surface area contributed by atoms with Crippen molar-refractivity contribution in [1.29, 1.82) is 0 Å². The average Bonchev–Trinajstić information content (AvgIpc) is 3.33. The monoisotopic (exact) mass is 484 g/mol. The average molecular weight is 485 g/mol. The van der Waals surface area contributed by atoms with E-state index in [9.17, 15) is 9.18 Å². The molecule has 176 valence electrons. The standard InChI is InChI=1S/C24H23ClF2N6O/c1-3-32-19(15-5-4-6-17(25)21(15)27)11-33(24(32)34)13-7-8-14(18(26)9-13)16-10-31(2)23-20(16)22(28)29-12-30-23/h4-8,10,12-13,19H,3,9,11H2,1-2H3,(H2,28,29,30). The first-order valence-corrected chi connectivity index (χ1v) is 11.3. The van der Waals surface area contributed by atoms with E-state index in [1.165, 1.54) is 12.4 Å². The highest BCUT2D eigenvalue weighted by atomic mass is 35.5. The number of nitrogen functional groups attached to an aromatic ring is 1. The van der Waals surface area contributed by atoms with Crippen molar-refractivity contribution in [3.8, 4) is 0 Å². The number of likely N-dealkylation sites (N-methyl/N-ethyl adjacent to an activating group) is 1. The molecule has 1 aliphatic carbocycles. The topological polar surface area (TPSA) is 80.3 Å². The molecule has 2 N–H and O–H groups in total. The van der Waals surface area contributed by atoms with Crippen molar-refractivity contribution in [1.82, 2.24) is 24.3 Å². The maximum absolute atomic E-state index is 15.5. The fourth-order valence-electron chi connectivity index (χ4n) is 4.89. The van der Waals surface area contributed by atoms with Gasteiger partial charge in [-0.2, -0.15) is 0 Å². The number of aryl methyl sites for hydroxylation is 1. The van der Waals surface area contributed by atoms with Crippen molar-refractivity contribution in [2.45, 2.75) is 25.4 Å². The molecule has 0 saturated carbocycles. The van der Waals surface area contributed by atoms with Crippen molar-refractivity contribution >= 4 is 40.1 Å². The van der Waals surface area contributed by atoms with Crippen molar-refractivity contribution in [2.24, 2.45) is 7.05 Å². The van der Waals surface area contributed by atoms with Crippen LogP contribution in [0.5, 0.6) is 0 Å². The number of halogens is 3.